The van der Waals surface area contributed by atoms with Gasteiger partial charge in [0, 0.05) is 16.7 Å². The summed E-state index contributed by atoms with van der Waals surface area (Å²) in [5.41, 5.74) is 1.17. The first kappa shape index (κ1) is 26.7. The molecule has 10 nitrogen and oxygen atoms in total. The van der Waals surface area contributed by atoms with Gasteiger partial charge in [0.25, 0.3) is 5.56 Å². The minimum Gasteiger partial charge on any atom is -0.496 e. The maximum atomic E-state index is 13.7. The van der Waals surface area contributed by atoms with E-state index in [-0.39, 0.29) is 40.2 Å². The predicted molar refractivity (Wildman–Crippen MR) is 160 cm³/mol. The van der Waals surface area contributed by atoms with Crippen LogP contribution in [0.5, 0.6) is 11.5 Å². The lowest BCUT2D eigenvalue weighted by molar-refractivity contribution is -0.385. The Morgan fingerprint density at radius 1 is 1.02 bits per heavy atom. The van der Waals surface area contributed by atoms with E-state index in [1.165, 1.54) is 18.3 Å². The summed E-state index contributed by atoms with van der Waals surface area (Å²) in [6.45, 7) is 0.0632. The normalized spacial score (nSPS) is 11.4. The highest BCUT2D eigenvalue weighted by molar-refractivity contribution is 6.31. The Labute approximate surface area is 243 Å². The van der Waals surface area contributed by atoms with Crippen molar-refractivity contribution in [3.63, 3.8) is 0 Å². The zero-order valence-electron chi connectivity index (χ0n) is 22.1. The van der Waals surface area contributed by atoms with Crippen LogP contribution in [0.15, 0.2) is 105 Å². The molecule has 0 fully saturated rings. The van der Waals surface area contributed by atoms with Gasteiger partial charge in [0.15, 0.2) is 5.76 Å². The number of para-hydroxylation sites is 1. The number of nitro groups is 1. The van der Waals surface area contributed by atoms with Gasteiger partial charge in [-0.2, -0.15) is 9.78 Å². The molecule has 11 heteroatoms. The molecule has 0 spiro atoms. The van der Waals surface area contributed by atoms with Gasteiger partial charge in [-0.3, -0.25) is 14.9 Å². The molecular weight excluding hydrogens is 560 g/mol. The minimum absolute atomic E-state index is 0.0474. The molecule has 0 saturated carbocycles. The van der Waals surface area contributed by atoms with E-state index in [0.29, 0.717) is 27.6 Å². The lowest BCUT2D eigenvalue weighted by atomic mass is 10.2. The number of hydrogen-bond donors (Lipinski definition) is 0. The van der Waals surface area contributed by atoms with E-state index in [1.54, 1.807) is 55.6 Å². The summed E-state index contributed by atoms with van der Waals surface area (Å²) >= 11 is 6.25. The number of rotatable bonds is 8. The average molecular weight is 581 g/mol. The fourth-order valence-corrected chi connectivity index (χ4v) is 4.77. The number of nitrogens with zero attached hydrogens (tertiary/aromatic N) is 4. The van der Waals surface area contributed by atoms with E-state index >= 15 is 0 Å². The van der Waals surface area contributed by atoms with E-state index in [1.807, 2.05) is 30.3 Å². The van der Waals surface area contributed by atoms with Crippen LogP contribution in [-0.2, 0) is 6.61 Å². The Hall–Kier alpha value is -5.48. The van der Waals surface area contributed by atoms with Crippen LogP contribution in [0, 0.1) is 10.1 Å². The summed E-state index contributed by atoms with van der Waals surface area (Å²) in [5, 5.41) is 17.5. The summed E-state index contributed by atoms with van der Waals surface area (Å²) in [4.78, 5) is 29.7. The molecule has 0 atom stereocenters. The molecule has 0 bridgehead atoms. The summed E-state index contributed by atoms with van der Waals surface area (Å²) in [6.07, 6.45) is 1.28. The van der Waals surface area contributed by atoms with Crippen molar-refractivity contribution in [3.05, 3.63) is 128 Å². The van der Waals surface area contributed by atoms with Crippen LogP contribution in [0.2, 0.25) is 5.02 Å². The van der Waals surface area contributed by atoms with Gasteiger partial charge in [0.05, 0.1) is 34.5 Å². The molecule has 2 aromatic heterocycles. The summed E-state index contributed by atoms with van der Waals surface area (Å²) < 4.78 is 18.5. The SMILES string of the molecule is COc1cccc2oc(-c3nc4ccccc4c(=O)n3N=Cc3cc(Cl)cc([N+](=O)[O-])c3OCc3ccccc3)cc12. The molecule has 0 radical (unpaired) electrons. The van der Waals surface area contributed by atoms with E-state index in [9.17, 15) is 14.9 Å². The van der Waals surface area contributed by atoms with Crippen molar-refractivity contribution < 1.29 is 18.8 Å². The maximum Gasteiger partial charge on any atom is 0.313 e. The highest BCUT2D eigenvalue weighted by Gasteiger charge is 2.22. The third-order valence-corrected chi connectivity index (χ3v) is 6.73. The molecule has 0 aliphatic heterocycles. The molecule has 2 heterocycles. The van der Waals surface area contributed by atoms with Crippen LogP contribution in [-0.4, -0.2) is 27.9 Å². The second kappa shape index (κ2) is 11.2. The number of aromatic nitrogens is 2. The minimum atomic E-state index is -0.583. The zero-order valence-corrected chi connectivity index (χ0v) is 22.8. The first-order chi connectivity index (χ1) is 20.4. The monoisotopic (exact) mass is 580 g/mol. The summed E-state index contributed by atoms with van der Waals surface area (Å²) in [5.74, 6) is 0.935. The number of fused-ring (bicyclic) bond motifs is 2. The van der Waals surface area contributed by atoms with Gasteiger partial charge < -0.3 is 13.9 Å². The molecule has 6 aromatic rings. The van der Waals surface area contributed by atoms with Crippen molar-refractivity contribution in [2.45, 2.75) is 6.61 Å². The number of halogens is 1. The Morgan fingerprint density at radius 2 is 1.81 bits per heavy atom. The standard InChI is InChI=1S/C31H21ClN4O6/c1-40-26-12-7-13-27-23(26)16-28(42-27)30-34-24-11-6-5-10-22(24)31(37)35(30)33-17-20-14-21(32)15-25(36(38)39)29(20)41-18-19-8-3-2-4-9-19/h2-17H,18H2,1H3. The molecule has 0 N–H and O–H groups in total. The Morgan fingerprint density at radius 3 is 2.60 bits per heavy atom. The molecular formula is C31H21ClN4O6. The van der Waals surface area contributed by atoms with Gasteiger partial charge in [-0.15, -0.1) is 0 Å². The van der Waals surface area contributed by atoms with Crippen molar-refractivity contribution in [1.82, 2.24) is 9.66 Å². The number of nitro benzene ring substituents is 1. The number of furan rings is 1. The molecule has 0 saturated heterocycles. The van der Waals surface area contributed by atoms with Gasteiger partial charge in [-0.1, -0.05) is 60.1 Å². The molecule has 42 heavy (non-hydrogen) atoms. The van der Waals surface area contributed by atoms with Gasteiger partial charge in [0.2, 0.25) is 11.6 Å². The van der Waals surface area contributed by atoms with E-state index in [2.05, 4.69) is 10.1 Å². The Kier molecular flexibility index (Phi) is 7.12. The molecule has 6 rings (SSSR count). The smallest absolute Gasteiger partial charge is 0.313 e. The second-order valence-corrected chi connectivity index (χ2v) is 9.61. The molecule has 0 unspecified atom stereocenters. The second-order valence-electron chi connectivity index (χ2n) is 9.17. The maximum absolute atomic E-state index is 13.7. The fraction of sp³-hybridized carbons (Fsp3) is 0.0645. The summed E-state index contributed by atoms with van der Waals surface area (Å²) in [7, 11) is 1.55. The van der Waals surface area contributed by atoms with Crippen molar-refractivity contribution >= 4 is 45.4 Å². The van der Waals surface area contributed by atoms with Gasteiger partial charge in [0.1, 0.15) is 17.9 Å². The van der Waals surface area contributed by atoms with E-state index in [0.717, 1.165) is 10.2 Å². The third-order valence-electron chi connectivity index (χ3n) is 6.51. The molecule has 208 valence electrons. The number of hydrogen-bond acceptors (Lipinski definition) is 8. The van der Waals surface area contributed by atoms with Crippen LogP contribution >= 0.6 is 11.6 Å². The van der Waals surface area contributed by atoms with Crippen molar-refractivity contribution in [2.75, 3.05) is 7.11 Å². The number of benzene rings is 4. The highest BCUT2D eigenvalue weighted by atomic mass is 35.5. The third kappa shape index (κ3) is 5.06. The lowest BCUT2D eigenvalue weighted by Crippen LogP contribution is -2.20. The van der Waals surface area contributed by atoms with Gasteiger partial charge in [-0.05, 0) is 42.0 Å². The van der Waals surface area contributed by atoms with Gasteiger partial charge in [-0.25, -0.2) is 4.98 Å². The molecule has 0 aliphatic rings. The van der Waals surface area contributed by atoms with Crippen molar-refractivity contribution in [3.8, 4) is 23.1 Å². The highest BCUT2D eigenvalue weighted by Crippen LogP contribution is 2.35. The van der Waals surface area contributed by atoms with Crippen LogP contribution in [0.4, 0.5) is 5.69 Å². The fourth-order valence-electron chi connectivity index (χ4n) is 4.55. The number of ether oxygens (including phenoxy) is 2. The van der Waals surface area contributed by atoms with E-state index in [4.69, 9.17) is 25.5 Å². The molecule has 0 amide bonds. The Bertz CT molecular complexity index is 2050. The van der Waals surface area contributed by atoms with Crippen molar-refractivity contribution in [2.24, 2.45) is 5.10 Å². The van der Waals surface area contributed by atoms with E-state index < -0.39 is 10.5 Å². The first-order valence-electron chi connectivity index (χ1n) is 12.7. The molecule has 4 aromatic carbocycles. The summed E-state index contributed by atoms with van der Waals surface area (Å²) in [6, 6.07) is 25.8. The quantitative estimate of drug-likeness (QED) is 0.110. The largest absolute Gasteiger partial charge is 0.496 e. The average Bonchev–Trinajstić information content (AvgIpc) is 3.45. The molecule has 0 aliphatic carbocycles. The van der Waals surface area contributed by atoms with Crippen LogP contribution in [0.25, 0.3) is 33.5 Å². The lowest BCUT2D eigenvalue weighted by Gasteiger charge is -2.11. The topological polar surface area (TPSA) is 122 Å². The van der Waals surface area contributed by atoms with Crippen molar-refractivity contribution in [1.29, 1.82) is 0 Å². The Balaban J connectivity index is 1.51. The van der Waals surface area contributed by atoms with Crippen LogP contribution < -0.4 is 15.0 Å². The van der Waals surface area contributed by atoms with Crippen LogP contribution in [0.1, 0.15) is 11.1 Å². The predicted octanol–water partition coefficient (Wildman–Crippen LogP) is 6.84. The first-order valence-corrected chi connectivity index (χ1v) is 13.1. The van der Waals surface area contributed by atoms with Crippen LogP contribution in [0.3, 0.4) is 0 Å². The number of methoxy groups -OCH3 is 1. The zero-order chi connectivity index (χ0) is 29.2. The van der Waals surface area contributed by atoms with Gasteiger partial charge >= 0.3 is 5.69 Å².